The van der Waals surface area contributed by atoms with Crippen LogP contribution in [0.15, 0.2) is 66.7 Å². The Balaban J connectivity index is 1.58. The number of benzene rings is 3. The van der Waals surface area contributed by atoms with E-state index in [-0.39, 0.29) is 17.7 Å². The van der Waals surface area contributed by atoms with Crippen molar-refractivity contribution in [2.75, 3.05) is 14.2 Å². The lowest BCUT2D eigenvalue weighted by Gasteiger charge is -2.36. The largest absolute Gasteiger partial charge is 0.502 e. The van der Waals surface area contributed by atoms with E-state index in [0.29, 0.717) is 37.6 Å². The number of hydrogen-bond acceptors (Lipinski definition) is 5. The van der Waals surface area contributed by atoms with E-state index in [1.807, 2.05) is 42.5 Å². The molecule has 4 rings (SSSR count). The van der Waals surface area contributed by atoms with Gasteiger partial charge in [-0.05, 0) is 40.8 Å². The van der Waals surface area contributed by atoms with E-state index in [2.05, 4.69) is 22.3 Å². The Morgan fingerprint density at radius 1 is 0.969 bits per heavy atom. The zero-order valence-corrected chi connectivity index (χ0v) is 18.4. The summed E-state index contributed by atoms with van der Waals surface area (Å²) in [6, 6.07) is 21.4. The second-order valence-electron chi connectivity index (χ2n) is 7.95. The maximum atomic E-state index is 13.2. The molecule has 0 saturated carbocycles. The number of aromatic hydroxyl groups is 1. The smallest absolute Gasteiger partial charge is 0.237 e. The molecule has 3 aromatic rings. The number of rotatable bonds is 7. The van der Waals surface area contributed by atoms with E-state index in [4.69, 9.17) is 9.47 Å². The molecule has 0 aliphatic carbocycles. The summed E-state index contributed by atoms with van der Waals surface area (Å²) in [5, 5.41) is 13.3. The van der Waals surface area contributed by atoms with Crippen molar-refractivity contribution in [3.63, 3.8) is 0 Å². The number of hydrogen-bond donors (Lipinski definition) is 2. The number of ether oxygens (including phenoxy) is 2. The minimum atomic E-state index is -0.306. The molecular formula is C26H28N2O4. The quantitative estimate of drug-likeness (QED) is 0.596. The van der Waals surface area contributed by atoms with Crippen LogP contribution in [-0.2, 0) is 30.8 Å². The monoisotopic (exact) mass is 432 g/mol. The minimum Gasteiger partial charge on any atom is -0.502 e. The number of phenolic OH excluding ortho intramolecular Hbond substituents is 1. The summed E-state index contributed by atoms with van der Waals surface area (Å²) in [7, 11) is 3.02. The SMILES string of the molecule is COc1cc(CN2Cc3ccccc3C[C@@H]2C(=O)NCc2ccccc2)cc(OC)c1O. The first kappa shape index (κ1) is 21.7. The van der Waals surface area contributed by atoms with Crippen molar-refractivity contribution in [1.82, 2.24) is 10.2 Å². The molecule has 0 saturated heterocycles. The fourth-order valence-electron chi connectivity index (χ4n) is 4.18. The zero-order valence-electron chi connectivity index (χ0n) is 18.4. The summed E-state index contributed by atoms with van der Waals surface area (Å²) in [4.78, 5) is 15.4. The highest BCUT2D eigenvalue weighted by Gasteiger charge is 2.31. The predicted molar refractivity (Wildman–Crippen MR) is 123 cm³/mol. The fraction of sp³-hybridized carbons (Fsp3) is 0.269. The van der Waals surface area contributed by atoms with Crippen LogP contribution in [0.5, 0.6) is 17.2 Å². The van der Waals surface area contributed by atoms with Crippen molar-refractivity contribution in [3.8, 4) is 17.2 Å². The number of phenols is 1. The Hall–Kier alpha value is -3.51. The van der Waals surface area contributed by atoms with Crippen LogP contribution in [0.1, 0.15) is 22.3 Å². The molecule has 0 aromatic heterocycles. The Morgan fingerprint density at radius 3 is 2.25 bits per heavy atom. The molecule has 6 heteroatoms. The second-order valence-corrected chi connectivity index (χ2v) is 7.95. The molecule has 32 heavy (non-hydrogen) atoms. The van der Waals surface area contributed by atoms with Gasteiger partial charge in [-0.2, -0.15) is 0 Å². The first-order valence-electron chi connectivity index (χ1n) is 10.7. The number of nitrogens with one attached hydrogen (secondary N) is 1. The van der Waals surface area contributed by atoms with Crippen molar-refractivity contribution in [2.45, 2.75) is 32.1 Å². The van der Waals surface area contributed by atoms with E-state index in [0.717, 1.165) is 11.1 Å². The van der Waals surface area contributed by atoms with E-state index in [1.54, 1.807) is 12.1 Å². The van der Waals surface area contributed by atoms with Crippen LogP contribution in [0.2, 0.25) is 0 Å². The van der Waals surface area contributed by atoms with Gasteiger partial charge in [0.25, 0.3) is 0 Å². The Kier molecular flexibility index (Phi) is 6.61. The average molecular weight is 433 g/mol. The molecule has 1 aliphatic heterocycles. The highest BCUT2D eigenvalue weighted by molar-refractivity contribution is 5.82. The maximum absolute atomic E-state index is 13.2. The van der Waals surface area contributed by atoms with Crippen LogP contribution in [0, 0.1) is 0 Å². The summed E-state index contributed by atoms with van der Waals surface area (Å²) in [5.41, 5.74) is 4.38. The third kappa shape index (κ3) is 4.70. The number of nitrogens with zero attached hydrogens (tertiary/aromatic N) is 1. The third-order valence-corrected chi connectivity index (χ3v) is 5.88. The van der Waals surface area contributed by atoms with E-state index < -0.39 is 0 Å². The lowest BCUT2D eigenvalue weighted by Crippen LogP contribution is -2.49. The van der Waals surface area contributed by atoms with Gasteiger partial charge in [0.15, 0.2) is 11.5 Å². The lowest BCUT2D eigenvalue weighted by molar-refractivity contribution is -0.127. The highest BCUT2D eigenvalue weighted by Crippen LogP contribution is 2.38. The Morgan fingerprint density at radius 2 is 1.59 bits per heavy atom. The highest BCUT2D eigenvalue weighted by atomic mass is 16.5. The summed E-state index contributed by atoms with van der Waals surface area (Å²) in [5.74, 6) is 0.671. The lowest BCUT2D eigenvalue weighted by atomic mass is 9.93. The molecule has 0 bridgehead atoms. The number of amides is 1. The summed E-state index contributed by atoms with van der Waals surface area (Å²) in [6.07, 6.45) is 0.642. The van der Waals surface area contributed by atoms with Crippen LogP contribution in [0.25, 0.3) is 0 Å². The van der Waals surface area contributed by atoms with Gasteiger partial charge in [-0.15, -0.1) is 0 Å². The third-order valence-electron chi connectivity index (χ3n) is 5.88. The molecule has 1 atom stereocenters. The van der Waals surface area contributed by atoms with Gasteiger partial charge >= 0.3 is 0 Å². The van der Waals surface area contributed by atoms with Crippen LogP contribution in [0.4, 0.5) is 0 Å². The van der Waals surface area contributed by atoms with Gasteiger partial charge in [-0.25, -0.2) is 0 Å². The van der Waals surface area contributed by atoms with Crippen molar-refractivity contribution in [3.05, 3.63) is 89.0 Å². The van der Waals surface area contributed by atoms with E-state index in [9.17, 15) is 9.90 Å². The molecule has 1 amide bonds. The van der Waals surface area contributed by atoms with Crippen LogP contribution in [-0.4, -0.2) is 36.2 Å². The van der Waals surface area contributed by atoms with Crippen LogP contribution >= 0.6 is 0 Å². The molecule has 6 nitrogen and oxygen atoms in total. The van der Waals surface area contributed by atoms with Crippen molar-refractivity contribution >= 4 is 5.91 Å². The molecule has 1 heterocycles. The fourth-order valence-corrected chi connectivity index (χ4v) is 4.18. The molecule has 2 N–H and O–H groups in total. The first-order valence-corrected chi connectivity index (χ1v) is 10.7. The predicted octanol–water partition coefficient (Wildman–Crippen LogP) is 3.65. The van der Waals surface area contributed by atoms with Gasteiger partial charge in [0.05, 0.1) is 20.3 Å². The summed E-state index contributed by atoms with van der Waals surface area (Å²) < 4.78 is 10.6. The van der Waals surface area contributed by atoms with Gasteiger partial charge in [-0.3, -0.25) is 9.69 Å². The first-order chi connectivity index (χ1) is 15.6. The van der Waals surface area contributed by atoms with E-state index in [1.165, 1.54) is 25.3 Å². The van der Waals surface area contributed by atoms with Gasteiger partial charge < -0.3 is 19.9 Å². The zero-order chi connectivity index (χ0) is 22.5. The van der Waals surface area contributed by atoms with Gasteiger partial charge in [0.1, 0.15) is 0 Å². The minimum absolute atomic E-state index is 0.000986. The molecule has 1 aliphatic rings. The molecule has 0 spiro atoms. The van der Waals surface area contributed by atoms with Crippen molar-refractivity contribution in [1.29, 1.82) is 0 Å². The number of fused-ring (bicyclic) bond motifs is 1. The maximum Gasteiger partial charge on any atom is 0.237 e. The number of carbonyl (C=O) groups is 1. The average Bonchev–Trinajstić information content (AvgIpc) is 2.83. The van der Waals surface area contributed by atoms with Crippen LogP contribution < -0.4 is 14.8 Å². The molecule has 0 fully saturated rings. The van der Waals surface area contributed by atoms with Crippen LogP contribution in [0.3, 0.4) is 0 Å². The molecule has 3 aromatic carbocycles. The normalized spacial score (nSPS) is 15.6. The van der Waals surface area contributed by atoms with Gasteiger partial charge in [0.2, 0.25) is 11.7 Å². The Labute approximate surface area is 188 Å². The Bertz CT molecular complexity index is 1060. The van der Waals surface area contributed by atoms with Crippen molar-refractivity contribution < 1.29 is 19.4 Å². The van der Waals surface area contributed by atoms with Crippen molar-refractivity contribution in [2.24, 2.45) is 0 Å². The van der Waals surface area contributed by atoms with E-state index >= 15 is 0 Å². The topological polar surface area (TPSA) is 71.0 Å². The summed E-state index contributed by atoms with van der Waals surface area (Å²) >= 11 is 0. The molecule has 0 unspecified atom stereocenters. The van der Waals surface area contributed by atoms with Gasteiger partial charge in [0, 0.05) is 19.6 Å². The molecule has 0 radical (unpaired) electrons. The standard InChI is InChI=1S/C26H28N2O4/c1-31-23-12-19(13-24(32-2)25(23)29)16-28-17-21-11-7-6-10-20(21)14-22(28)26(30)27-15-18-8-4-3-5-9-18/h3-13,22,29H,14-17H2,1-2H3,(H,27,30)/t22-/m1/s1. The number of carbonyl (C=O) groups excluding carboxylic acids is 1. The molecular weight excluding hydrogens is 404 g/mol. The molecule has 166 valence electrons. The summed E-state index contributed by atoms with van der Waals surface area (Å²) in [6.45, 7) is 1.67. The number of methoxy groups -OCH3 is 2. The second kappa shape index (κ2) is 9.75. The van der Waals surface area contributed by atoms with Gasteiger partial charge in [-0.1, -0.05) is 54.6 Å².